The summed E-state index contributed by atoms with van der Waals surface area (Å²) < 4.78 is 5.06. The standard InChI is InChI=1S/C25H22N4O3S/c1-16-3-10-20(11-4-16)27-25-28-21(15-33-25)18-6-8-19(9-7-18)24(31)29-26-14-17-5-12-22(30)23(13-17)32-2/h3-15,30H,1-2H3,(H,27,28)(H,29,31)/b26-14-. The van der Waals surface area contributed by atoms with Crippen molar-refractivity contribution in [1.29, 1.82) is 0 Å². The number of aromatic hydroxyl groups is 1. The van der Waals surface area contributed by atoms with Crippen LogP contribution in [0.4, 0.5) is 10.8 Å². The van der Waals surface area contributed by atoms with Gasteiger partial charge >= 0.3 is 0 Å². The molecule has 1 amide bonds. The molecule has 7 nitrogen and oxygen atoms in total. The van der Waals surface area contributed by atoms with Crippen LogP contribution in [0.2, 0.25) is 0 Å². The number of amides is 1. The summed E-state index contributed by atoms with van der Waals surface area (Å²) in [5.74, 6) is 0.0422. The molecule has 0 atom stereocenters. The quantitative estimate of drug-likeness (QED) is 0.257. The monoisotopic (exact) mass is 458 g/mol. The lowest BCUT2D eigenvalue weighted by Crippen LogP contribution is -2.17. The van der Waals surface area contributed by atoms with Crippen LogP contribution in [-0.4, -0.2) is 29.3 Å². The number of hydrogen-bond acceptors (Lipinski definition) is 7. The molecule has 0 spiro atoms. The molecule has 0 radical (unpaired) electrons. The lowest BCUT2D eigenvalue weighted by Gasteiger charge is -2.04. The number of phenolic OH excluding ortho intramolecular Hbond substituents is 1. The van der Waals surface area contributed by atoms with Crippen LogP contribution in [0.5, 0.6) is 11.5 Å². The Bertz CT molecular complexity index is 1280. The zero-order valence-corrected chi connectivity index (χ0v) is 18.9. The van der Waals surface area contributed by atoms with E-state index in [0.29, 0.717) is 16.9 Å². The first-order chi connectivity index (χ1) is 16.0. The first-order valence-corrected chi connectivity index (χ1v) is 11.0. The minimum Gasteiger partial charge on any atom is -0.504 e. The van der Waals surface area contributed by atoms with Crippen molar-refractivity contribution < 1.29 is 14.6 Å². The third-order valence-corrected chi connectivity index (χ3v) is 5.59. The maximum Gasteiger partial charge on any atom is 0.271 e. The number of hydrogen-bond donors (Lipinski definition) is 3. The van der Waals surface area contributed by atoms with Crippen LogP contribution < -0.4 is 15.5 Å². The van der Waals surface area contributed by atoms with Gasteiger partial charge in [0.2, 0.25) is 0 Å². The minimum atomic E-state index is -0.330. The highest BCUT2D eigenvalue weighted by molar-refractivity contribution is 7.14. The van der Waals surface area contributed by atoms with Crippen molar-refractivity contribution in [3.05, 3.63) is 88.8 Å². The molecule has 33 heavy (non-hydrogen) atoms. The van der Waals surface area contributed by atoms with Crippen molar-refractivity contribution in [3.8, 4) is 22.8 Å². The van der Waals surface area contributed by atoms with E-state index in [1.807, 2.05) is 41.8 Å². The Morgan fingerprint density at radius 1 is 1.09 bits per heavy atom. The molecule has 4 aromatic rings. The summed E-state index contributed by atoms with van der Waals surface area (Å²) in [4.78, 5) is 17.0. The molecular formula is C25H22N4O3S. The molecule has 0 aliphatic rings. The molecule has 4 rings (SSSR count). The van der Waals surface area contributed by atoms with Gasteiger partial charge in [-0.25, -0.2) is 10.4 Å². The van der Waals surface area contributed by atoms with Gasteiger partial charge in [-0.05, 0) is 55.0 Å². The first kappa shape index (κ1) is 22.0. The SMILES string of the molecule is COc1cc(/C=N\NC(=O)c2ccc(-c3csc(Nc4ccc(C)cc4)n3)cc2)ccc1O. The maximum absolute atomic E-state index is 12.4. The van der Waals surface area contributed by atoms with Crippen LogP contribution >= 0.6 is 11.3 Å². The number of thiazole rings is 1. The lowest BCUT2D eigenvalue weighted by atomic mass is 10.1. The average Bonchev–Trinajstić information content (AvgIpc) is 3.30. The number of methoxy groups -OCH3 is 1. The number of carbonyl (C=O) groups excluding carboxylic acids is 1. The number of benzene rings is 3. The van der Waals surface area contributed by atoms with Crippen molar-refractivity contribution in [2.45, 2.75) is 6.92 Å². The Hall–Kier alpha value is -4.17. The maximum atomic E-state index is 12.4. The van der Waals surface area contributed by atoms with Crippen LogP contribution in [0.15, 0.2) is 77.2 Å². The number of phenols is 1. The fraction of sp³-hybridized carbons (Fsp3) is 0.0800. The summed E-state index contributed by atoms with van der Waals surface area (Å²) >= 11 is 1.52. The average molecular weight is 459 g/mol. The number of aryl methyl sites for hydroxylation is 1. The van der Waals surface area contributed by atoms with Gasteiger partial charge in [0.15, 0.2) is 16.6 Å². The van der Waals surface area contributed by atoms with Gasteiger partial charge in [-0.2, -0.15) is 5.10 Å². The van der Waals surface area contributed by atoms with Crippen molar-refractivity contribution in [2.24, 2.45) is 5.10 Å². The highest BCUT2D eigenvalue weighted by atomic mass is 32.1. The van der Waals surface area contributed by atoms with Crippen molar-refractivity contribution in [1.82, 2.24) is 10.4 Å². The second kappa shape index (κ2) is 9.97. The van der Waals surface area contributed by atoms with Gasteiger partial charge in [0.05, 0.1) is 19.0 Å². The first-order valence-electron chi connectivity index (χ1n) is 10.1. The van der Waals surface area contributed by atoms with E-state index in [-0.39, 0.29) is 11.7 Å². The van der Waals surface area contributed by atoms with E-state index in [0.717, 1.165) is 22.1 Å². The van der Waals surface area contributed by atoms with Gasteiger partial charge in [-0.1, -0.05) is 29.8 Å². The fourth-order valence-electron chi connectivity index (χ4n) is 3.02. The number of anilines is 2. The van der Waals surface area contributed by atoms with E-state index in [2.05, 4.69) is 27.8 Å². The predicted octanol–water partition coefficient (Wildman–Crippen LogP) is 5.34. The summed E-state index contributed by atoms with van der Waals surface area (Å²) in [6.07, 6.45) is 1.48. The molecule has 0 aliphatic carbocycles. The van der Waals surface area contributed by atoms with Crippen molar-refractivity contribution >= 4 is 34.3 Å². The molecule has 8 heteroatoms. The lowest BCUT2D eigenvalue weighted by molar-refractivity contribution is 0.0955. The summed E-state index contributed by atoms with van der Waals surface area (Å²) in [6, 6.07) is 20.1. The van der Waals surface area contributed by atoms with E-state index in [1.165, 1.54) is 36.3 Å². The van der Waals surface area contributed by atoms with E-state index in [9.17, 15) is 9.90 Å². The molecule has 0 saturated heterocycles. The Kier molecular flexibility index (Phi) is 6.66. The molecule has 0 unspecified atom stereocenters. The fourth-order valence-corrected chi connectivity index (χ4v) is 3.76. The molecule has 0 saturated carbocycles. The van der Waals surface area contributed by atoms with Crippen molar-refractivity contribution in [2.75, 3.05) is 12.4 Å². The zero-order chi connectivity index (χ0) is 23.2. The number of aromatic nitrogens is 1. The third-order valence-electron chi connectivity index (χ3n) is 4.83. The number of ether oxygens (including phenoxy) is 1. The molecular weight excluding hydrogens is 436 g/mol. The summed E-state index contributed by atoms with van der Waals surface area (Å²) in [5, 5.41) is 19.7. The topological polar surface area (TPSA) is 95.8 Å². The summed E-state index contributed by atoms with van der Waals surface area (Å²) in [5.41, 5.74) is 7.60. The number of rotatable bonds is 7. The van der Waals surface area contributed by atoms with Gasteiger partial charge in [0, 0.05) is 22.2 Å². The number of hydrazone groups is 1. The van der Waals surface area contributed by atoms with E-state index >= 15 is 0 Å². The summed E-state index contributed by atoms with van der Waals surface area (Å²) in [6.45, 7) is 2.05. The largest absolute Gasteiger partial charge is 0.504 e. The minimum absolute atomic E-state index is 0.0388. The number of carbonyl (C=O) groups is 1. The normalized spacial score (nSPS) is 10.8. The van der Waals surface area contributed by atoms with Crippen LogP contribution in [0.3, 0.4) is 0 Å². The van der Waals surface area contributed by atoms with Crippen LogP contribution in [0, 0.1) is 6.92 Å². The smallest absolute Gasteiger partial charge is 0.271 e. The van der Waals surface area contributed by atoms with Crippen molar-refractivity contribution in [3.63, 3.8) is 0 Å². The summed E-state index contributed by atoms with van der Waals surface area (Å²) in [7, 11) is 1.47. The van der Waals surface area contributed by atoms with Gasteiger partial charge in [0.25, 0.3) is 5.91 Å². The highest BCUT2D eigenvalue weighted by Gasteiger charge is 2.08. The van der Waals surface area contributed by atoms with Gasteiger partial charge in [-0.15, -0.1) is 11.3 Å². The Morgan fingerprint density at radius 3 is 2.58 bits per heavy atom. The molecule has 0 aliphatic heterocycles. The predicted molar refractivity (Wildman–Crippen MR) is 132 cm³/mol. The Balaban J connectivity index is 1.37. The second-order valence-electron chi connectivity index (χ2n) is 7.24. The number of nitrogens with zero attached hydrogens (tertiary/aromatic N) is 2. The molecule has 0 fully saturated rings. The van der Waals surface area contributed by atoms with Crippen LogP contribution in [0.1, 0.15) is 21.5 Å². The van der Waals surface area contributed by atoms with Gasteiger partial charge < -0.3 is 15.2 Å². The second-order valence-corrected chi connectivity index (χ2v) is 8.09. The molecule has 3 aromatic carbocycles. The third kappa shape index (κ3) is 5.55. The molecule has 3 N–H and O–H groups in total. The zero-order valence-electron chi connectivity index (χ0n) is 18.1. The van der Waals surface area contributed by atoms with Gasteiger partial charge in [-0.3, -0.25) is 4.79 Å². The van der Waals surface area contributed by atoms with Crippen LogP contribution in [-0.2, 0) is 0 Å². The Labute approximate surface area is 195 Å². The molecule has 0 bridgehead atoms. The molecule has 1 heterocycles. The van der Waals surface area contributed by atoms with Crippen LogP contribution in [0.25, 0.3) is 11.3 Å². The molecule has 1 aromatic heterocycles. The van der Waals surface area contributed by atoms with E-state index < -0.39 is 0 Å². The molecule has 166 valence electrons. The van der Waals surface area contributed by atoms with E-state index in [4.69, 9.17) is 4.74 Å². The van der Waals surface area contributed by atoms with E-state index in [1.54, 1.807) is 24.3 Å². The van der Waals surface area contributed by atoms with Gasteiger partial charge in [0.1, 0.15) is 0 Å². The Morgan fingerprint density at radius 2 is 1.85 bits per heavy atom. The highest BCUT2D eigenvalue weighted by Crippen LogP contribution is 2.28. The number of nitrogens with one attached hydrogen (secondary N) is 2.